The molecule has 6 aromatic rings. The summed E-state index contributed by atoms with van der Waals surface area (Å²) in [6.45, 7) is 0. The van der Waals surface area contributed by atoms with Gasteiger partial charge in [-0.2, -0.15) is 0 Å². The van der Waals surface area contributed by atoms with Crippen molar-refractivity contribution < 1.29 is 14.7 Å². The van der Waals surface area contributed by atoms with Crippen molar-refractivity contribution in [3.8, 4) is 0 Å². The molecule has 44 heavy (non-hydrogen) atoms. The second kappa shape index (κ2) is 13.2. The minimum absolute atomic E-state index is 0.202. The van der Waals surface area contributed by atoms with E-state index in [0.717, 1.165) is 27.8 Å². The van der Waals surface area contributed by atoms with Crippen molar-refractivity contribution in [2.24, 2.45) is 5.16 Å². The number of nitrogens with one attached hydrogen (secondary N) is 1. The Hall–Kier alpha value is -5.53. The van der Waals surface area contributed by atoms with Gasteiger partial charge >= 0.3 is 5.97 Å². The molecular formula is C37H29N3O3S. The number of hydrogen-bond acceptors (Lipinski definition) is 7. The van der Waals surface area contributed by atoms with Crippen molar-refractivity contribution in [3.63, 3.8) is 0 Å². The molecule has 0 saturated heterocycles. The molecule has 0 bridgehead atoms. The van der Waals surface area contributed by atoms with Gasteiger partial charge in [0.1, 0.15) is 11.2 Å². The molecule has 0 aliphatic heterocycles. The van der Waals surface area contributed by atoms with Gasteiger partial charge in [-0.25, -0.2) is 9.78 Å². The van der Waals surface area contributed by atoms with E-state index in [0.29, 0.717) is 5.13 Å². The van der Waals surface area contributed by atoms with Gasteiger partial charge in [-0.1, -0.05) is 157 Å². The topological polar surface area (TPSA) is 83.8 Å². The number of esters is 1. The number of benzene rings is 5. The van der Waals surface area contributed by atoms with Crippen LogP contribution in [0.3, 0.4) is 0 Å². The first-order chi connectivity index (χ1) is 21.7. The Morgan fingerprint density at radius 2 is 1.09 bits per heavy atom. The van der Waals surface area contributed by atoms with Crippen LogP contribution in [0.4, 0.5) is 5.13 Å². The van der Waals surface area contributed by atoms with E-state index >= 15 is 0 Å². The first-order valence-corrected chi connectivity index (χ1v) is 15.0. The summed E-state index contributed by atoms with van der Waals surface area (Å²) in [6, 6.07) is 49.4. The predicted molar refractivity (Wildman–Crippen MR) is 174 cm³/mol. The Morgan fingerprint density at radius 3 is 1.50 bits per heavy atom. The van der Waals surface area contributed by atoms with Crippen molar-refractivity contribution in [1.82, 2.24) is 4.98 Å². The Labute approximate surface area is 260 Å². The van der Waals surface area contributed by atoms with Crippen LogP contribution in [0.15, 0.2) is 162 Å². The number of hydrogen-bond donors (Lipinski definition) is 2. The van der Waals surface area contributed by atoms with Crippen LogP contribution in [-0.4, -0.2) is 21.9 Å². The first kappa shape index (κ1) is 28.6. The third kappa shape index (κ3) is 5.86. The third-order valence-electron chi connectivity index (χ3n) is 7.38. The highest BCUT2D eigenvalue weighted by Gasteiger charge is 2.37. The lowest BCUT2D eigenvalue weighted by Crippen LogP contribution is -2.38. The van der Waals surface area contributed by atoms with Gasteiger partial charge in [0.15, 0.2) is 11.2 Å². The summed E-state index contributed by atoms with van der Waals surface area (Å²) in [5.41, 5.74) is 3.74. The minimum atomic E-state index is -0.804. The number of rotatable bonds is 10. The summed E-state index contributed by atoms with van der Waals surface area (Å²) >= 11 is 1.31. The average Bonchev–Trinajstić information content (AvgIpc) is 3.56. The lowest BCUT2D eigenvalue weighted by Gasteiger charge is -2.36. The van der Waals surface area contributed by atoms with E-state index in [2.05, 4.69) is 46.9 Å². The molecule has 0 spiro atoms. The highest BCUT2D eigenvalue weighted by Crippen LogP contribution is 2.40. The molecule has 216 valence electrons. The maximum absolute atomic E-state index is 13.5. The van der Waals surface area contributed by atoms with Crippen molar-refractivity contribution in [2.75, 3.05) is 5.32 Å². The molecule has 0 atom stereocenters. The molecule has 0 aliphatic carbocycles. The normalized spacial score (nSPS) is 11.7. The molecule has 0 unspecified atom stereocenters. The molecule has 0 radical (unpaired) electrons. The van der Waals surface area contributed by atoms with Crippen LogP contribution < -0.4 is 5.32 Å². The number of carbonyl (C=O) groups excluding carboxylic acids is 1. The lowest BCUT2D eigenvalue weighted by atomic mass is 9.77. The number of ether oxygens (including phenoxy) is 1. The van der Waals surface area contributed by atoms with Gasteiger partial charge < -0.3 is 15.3 Å². The van der Waals surface area contributed by atoms with Gasteiger partial charge in [0.25, 0.3) is 0 Å². The molecule has 0 aliphatic rings. The zero-order valence-electron chi connectivity index (χ0n) is 23.7. The molecule has 1 aromatic heterocycles. The standard InChI is InChI=1S/C37H29N3O3S/c41-35(43-34(27-16-6-1-7-17-27)28-18-8-2-9-19-28)33(40-42)32-26-44-36(38-32)39-37(29-20-10-3-11-21-29,30-22-12-4-13-23-30)31-24-14-5-15-25-31/h1-26,34,42H,(H,38,39)/b40-33-. The van der Waals surface area contributed by atoms with E-state index in [1.165, 1.54) is 11.3 Å². The van der Waals surface area contributed by atoms with E-state index in [1.807, 2.05) is 115 Å². The Morgan fingerprint density at radius 1 is 0.682 bits per heavy atom. The minimum Gasteiger partial charge on any atom is -0.448 e. The summed E-state index contributed by atoms with van der Waals surface area (Å²) < 4.78 is 5.96. The molecule has 6 rings (SSSR count). The zero-order chi connectivity index (χ0) is 30.2. The second-order valence-electron chi connectivity index (χ2n) is 10.1. The Kier molecular flexibility index (Phi) is 8.57. The van der Waals surface area contributed by atoms with Crippen LogP contribution in [0.5, 0.6) is 0 Å². The molecule has 0 amide bonds. The second-order valence-corrected chi connectivity index (χ2v) is 10.9. The smallest absolute Gasteiger partial charge is 0.363 e. The summed E-state index contributed by atoms with van der Waals surface area (Å²) in [4.78, 5) is 18.3. The summed E-state index contributed by atoms with van der Waals surface area (Å²) in [6.07, 6.45) is -0.695. The largest absolute Gasteiger partial charge is 0.448 e. The van der Waals surface area contributed by atoms with Gasteiger partial charge in [-0.15, -0.1) is 11.3 Å². The van der Waals surface area contributed by atoms with Crippen LogP contribution in [0.1, 0.15) is 39.6 Å². The van der Waals surface area contributed by atoms with Crippen LogP contribution in [0.2, 0.25) is 0 Å². The molecule has 6 nitrogen and oxygen atoms in total. The van der Waals surface area contributed by atoms with E-state index in [-0.39, 0.29) is 11.4 Å². The number of carbonyl (C=O) groups is 1. The van der Waals surface area contributed by atoms with Gasteiger partial charge in [-0.05, 0) is 27.8 Å². The number of anilines is 1. The zero-order valence-corrected chi connectivity index (χ0v) is 24.5. The lowest BCUT2D eigenvalue weighted by molar-refractivity contribution is -0.139. The van der Waals surface area contributed by atoms with Crippen LogP contribution in [-0.2, 0) is 15.1 Å². The monoisotopic (exact) mass is 595 g/mol. The summed E-state index contributed by atoms with van der Waals surface area (Å²) in [7, 11) is 0. The van der Waals surface area contributed by atoms with E-state index in [9.17, 15) is 10.0 Å². The molecule has 1 heterocycles. The Bertz CT molecular complexity index is 1690. The highest BCUT2D eigenvalue weighted by molar-refractivity contribution is 7.14. The fourth-order valence-corrected chi connectivity index (χ4v) is 6.08. The molecule has 5 aromatic carbocycles. The van der Waals surface area contributed by atoms with Crippen molar-refractivity contribution in [2.45, 2.75) is 11.6 Å². The molecule has 0 fully saturated rings. The van der Waals surface area contributed by atoms with Gasteiger partial charge in [0.05, 0.1) is 0 Å². The van der Waals surface area contributed by atoms with Crippen LogP contribution in [0.25, 0.3) is 0 Å². The SMILES string of the molecule is O=C(OC(c1ccccc1)c1ccccc1)/C(=N\O)c1csc(NC(c2ccccc2)(c2ccccc2)c2ccccc2)n1. The Balaban J connectivity index is 1.35. The van der Waals surface area contributed by atoms with Gasteiger partial charge in [-0.3, -0.25) is 0 Å². The van der Waals surface area contributed by atoms with E-state index in [1.54, 1.807) is 5.38 Å². The summed E-state index contributed by atoms with van der Waals surface area (Å²) in [5, 5.41) is 19.3. The quantitative estimate of drug-likeness (QED) is 0.0550. The first-order valence-electron chi connectivity index (χ1n) is 14.1. The van der Waals surface area contributed by atoms with Crippen molar-refractivity contribution in [1.29, 1.82) is 0 Å². The third-order valence-corrected chi connectivity index (χ3v) is 8.14. The fourth-order valence-electron chi connectivity index (χ4n) is 5.32. The highest BCUT2D eigenvalue weighted by atomic mass is 32.1. The maximum Gasteiger partial charge on any atom is 0.363 e. The number of nitrogens with zero attached hydrogens (tertiary/aromatic N) is 2. The average molecular weight is 596 g/mol. The van der Waals surface area contributed by atoms with Crippen LogP contribution >= 0.6 is 11.3 Å². The van der Waals surface area contributed by atoms with E-state index in [4.69, 9.17) is 9.72 Å². The van der Waals surface area contributed by atoms with Crippen LogP contribution in [0, 0.1) is 0 Å². The van der Waals surface area contributed by atoms with Gasteiger partial charge in [0.2, 0.25) is 5.71 Å². The summed E-state index contributed by atoms with van der Waals surface area (Å²) in [5.74, 6) is -0.789. The van der Waals surface area contributed by atoms with Crippen molar-refractivity contribution in [3.05, 3.63) is 191 Å². The van der Waals surface area contributed by atoms with E-state index < -0.39 is 17.6 Å². The fraction of sp³-hybridized carbons (Fsp3) is 0.0541. The predicted octanol–water partition coefficient (Wildman–Crippen LogP) is 8.06. The molecule has 2 N–H and O–H groups in total. The van der Waals surface area contributed by atoms with Crippen molar-refractivity contribution >= 4 is 28.1 Å². The number of thiazole rings is 1. The number of oxime groups is 1. The maximum atomic E-state index is 13.5. The molecular weight excluding hydrogens is 566 g/mol. The van der Waals surface area contributed by atoms with Gasteiger partial charge in [0, 0.05) is 5.38 Å². The molecule has 7 heteroatoms. The molecule has 0 saturated carbocycles. The number of aromatic nitrogens is 1.